The lowest BCUT2D eigenvalue weighted by molar-refractivity contribution is -0.133. The molecule has 0 saturated carbocycles. The van der Waals surface area contributed by atoms with E-state index < -0.39 is 0 Å². The quantitative estimate of drug-likeness (QED) is 0.795. The van der Waals surface area contributed by atoms with E-state index in [0.29, 0.717) is 25.3 Å². The maximum atomic E-state index is 11.9. The smallest absolute Gasteiger partial charge is 0.249 e. The number of benzene rings is 1. The molecule has 1 aromatic carbocycles. The number of likely N-dealkylation sites (tertiary alicyclic amines) is 1. The summed E-state index contributed by atoms with van der Waals surface area (Å²) < 4.78 is 0. The van der Waals surface area contributed by atoms with Crippen LogP contribution in [0.15, 0.2) is 24.3 Å². The minimum atomic E-state index is -0.356. The number of amides is 2. The molecular weight excluding hydrogens is 318 g/mol. The fraction of sp³-hybridized carbons (Fsp3) is 0.526. The molecule has 2 aliphatic rings. The molecule has 2 fully saturated rings. The van der Waals surface area contributed by atoms with Gasteiger partial charge in [-0.3, -0.25) is 24.6 Å². The van der Waals surface area contributed by atoms with Gasteiger partial charge in [0, 0.05) is 12.1 Å². The number of hydrogen-bond acceptors (Lipinski definition) is 5. The maximum absolute atomic E-state index is 11.9. The molecule has 6 nitrogen and oxygen atoms in total. The second-order valence-electron chi connectivity index (χ2n) is 7.03. The van der Waals surface area contributed by atoms with Crippen molar-refractivity contribution in [1.82, 2.24) is 10.2 Å². The highest BCUT2D eigenvalue weighted by atomic mass is 16.2. The van der Waals surface area contributed by atoms with Crippen LogP contribution < -0.4 is 10.6 Å². The molecule has 134 valence electrons. The molecule has 2 heterocycles. The summed E-state index contributed by atoms with van der Waals surface area (Å²) >= 11 is 0. The fourth-order valence-corrected chi connectivity index (χ4v) is 3.65. The van der Waals surface area contributed by atoms with Gasteiger partial charge in [0.15, 0.2) is 0 Å². The van der Waals surface area contributed by atoms with Gasteiger partial charge in [-0.2, -0.15) is 0 Å². The van der Waals surface area contributed by atoms with Crippen molar-refractivity contribution in [3.63, 3.8) is 0 Å². The third kappa shape index (κ3) is 4.66. The molecule has 2 amide bonds. The highest BCUT2D eigenvalue weighted by molar-refractivity contribution is 6.01. The van der Waals surface area contributed by atoms with Gasteiger partial charge < -0.3 is 5.32 Å². The van der Waals surface area contributed by atoms with E-state index in [1.807, 2.05) is 12.1 Å². The minimum absolute atomic E-state index is 0.200. The Morgan fingerprint density at radius 1 is 1.24 bits per heavy atom. The first kappa shape index (κ1) is 17.6. The summed E-state index contributed by atoms with van der Waals surface area (Å²) in [7, 11) is 0. The molecule has 0 aliphatic carbocycles. The molecule has 0 spiro atoms. The standard InChI is InChI=1S/C19H25N3O3/c1-13(23)12-22-9-7-14(8-10-22)15-3-2-4-16(11-15)20-17-5-6-18(24)21-19(17)25/h2-4,11,14,17,20H,5-10,12H2,1H3,(H,21,24,25). The van der Waals surface area contributed by atoms with Gasteiger partial charge in [0.25, 0.3) is 0 Å². The van der Waals surface area contributed by atoms with Crippen LogP contribution in [0.1, 0.15) is 44.1 Å². The summed E-state index contributed by atoms with van der Waals surface area (Å²) in [5.74, 6) is 0.244. The predicted molar refractivity (Wildman–Crippen MR) is 95.3 cm³/mol. The lowest BCUT2D eigenvalue weighted by Gasteiger charge is -2.31. The van der Waals surface area contributed by atoms with E-state index in [1.165, 1.54) is 5.56 Å². The molecule has 0 aromatic heterocycles. The molecule has 1 atom stereocenters. The zero-order chi connectivity index (χ0) is 17.8. The van der Waals surface area contributed by atoms with Crippen LogP contribution in [0.25, 0.3) is 0 Å². The molecule has 0 radical (unpaired) electrons. The van der Waals surface area contributed by atoms with Gasteiger partial charge in [-0.1, -0.05) is 12.1 Å². The van der Waals surface area contributed by atoms with Crippen molar-refractivity contribution in [3.8, 4) is 0 Å². The third-order valence-electron chi connectivity index (χ3n) is 4.97. The molecule has 1 aromatic rings. The van der Waals surface area contributed by atoms with Crippen molar-refractivity contribution in [2.75, 3.05) is 25.0 Å². The first-order valence-corrected chi connectivity index (χ1v) is 8.93. The van der Waals surface area contributed by atoms with Crippen LogP contribution >= 0.6 is 0 Å². The number of nitrogens with one attached hydrogen (secondary N) is 2. The van der Waals surface area contributed by atoms with Gasteiger partial charge in [0.05, 0.1) is 6.54 Å². The predicted octanol–water partition coefficient (Wildman–Crippen LogP) is 1.67. The Bertz CT molecular complexity index is 666. The Morgan fingerprint density at radius 2 is 2.00 bits per heavy atom. The summed E-state index contributed by atoms with van der Waals surface area (Å²) in [5, 5.41) is 5.62. The number of hydrogen-bond donors (Lipinski definition) is 2. The lowest BCUT2D eigenvalue weighted by atomic mass is 9.89. The van der Waals surface area contributed by atoms with E-state index in [-0.39, 0.29) is 23.6 Å². The van der Waals surface area contributed by atoms with E-state index in [4.69, 9.17) is 0 Å². The Kier molecular flexibility index (Phi) is 5.48. The van der Waals surface area contributed by atoms with Crippen LogP contribution in [0.2, 0.25) is 0 Å². The first-order chi connectivity index (χ1) is 12.0. The number of imide groups is 1. The van der Waals surface area contributed by atoms with E-state index >= 15 is 0 Å². The largest absolute Gasteiger partial charge is 0.374 e. The van der Waals surface area contributed by atoms with Crippen LogP contribution in [0.3, 0.4) is 0 Å². The molecule has 25 heavy (non-hydrogen) atoms. The third-order valence-corrected chi connectivity index (χ3v) is 4.97. The SMILES string of the molecule is CC(=O)CN1CCC(c2cccc(NC3CCC(=O)NC3=O)c2)CC1. The molecule has 2 aliphatic heterocycles. The number of anilines is 1. The van der Waals surface area contributed by atoms with E-state index in [9.17, 15) is 14.4 Å². The van der Waals surface area contributed by atoms with Gasteiger partial charge in [-0.25, -0.2) is 0 Å². The highest BCUT2D eigenvalue weighted by Gasteiger charge is 2.27. The zero-order valence-electron chi connectivity index (χ0n) is 14.6. The lowest BCUT2D eigenvalue weighted by Crippen LogP contribution is -2.47. The maximum Gasteiger partial charge on any atom is 0.249 e. The number of nitrogens with zero attached hydrogens (tertiary/aromatic N) is 1. The average Bonchev–Trinajstić information content (AvgIpc) is 2.58. The van der Waals surface area contributed by atoms with Crippen molar-refractivity contribution in [3.05, 3.63) is 29.8 Å². The van der Waals surface area contributed by atoms with E-state index in [1.54, 1.807) is 6.92 Å². The van der Waals surface area contributed by atoms with Crippen molar-refractivity contribution in [1.29, 1.82) is 0 Å². The molecule has 0 bridgehead atoms. The van der Waals surface area contributed by atoms with E-state index in [2.05, 4.69) is 27.7 Å². The van der Waals surface area contributed by atoms with Crippen LogP contribution in [-0.2, 0) is 14.4 Å². The van der Waals surface area contributed by atoms with Crippen molar-refractivity contribution >= 4 is 23.3 Å². The van der Waals surface area contributed by atoms with Crippen LogP contribution in [-0.4, -0.2) is 48.2 Å². The minimum Gasteiger partial charge on any atom is -0.374 e. The molecule has 2 N–H and O–H groups in total. The number of ketones is 1. The average molecular weight is 343 g/mol. The van der Waals surface area contributed by atoms with Crippen molar-refractivity contribution in [2.24, 2.45) is 0 Å². The Balaban J connectivity index is 1.59. The summed E-state index contributed by atoms with van der Waals surface area (Å²) in [5.41, 5.74) is 2.18. The molecule has 1 unspecified atom stereocenters. The Labute approximate surface area is 148 Å². The summed E-state index contributed by atoms with van der Waals surface area (Å²) in [4.78, 5) is 36.6. The normalized spacial score (nSPS) is 22.5. The second-order valence-corrected chi connectivity index (χ2v) is 7.03. The fourth-order valence-electron chi connectivity index (χ4n) is 3.65. The summed E-state index contributed by atoms with van der Waals surface area (Å²) in [6, 6.07) is 7.84. The highest BCUT2D eigenvalue weighted by Crippen LogP contribution is 2.29. The van der Waals surface area contributed by atoms with Crippen molar-refractivity contribution < 1.29 is 14.4 Å². The van der Waals surface area contributed by atoms with Crippen molar-refractivity contribution in [2.45, 2.75) is 44.6 Å². The molecule has 2 saturated heterocycles. The second kappa shape index (κ2) is 7.78. The van der Waals surface area contributed by atoms with E-state index in [0.717, 1.165) is 31.6 Å². The summed E-state index contributed by atoms with van der Waals surface area (Å²) in [6.45, 7) is 4.06. The number of rotatable bonds is 5. The first-order valence-electron chi connectivity index (χ1n) is 8.93. The molecule has 6 heteroatoms. The Morgan fingerprint density at radius 3 is 2.68 bits per heavy atom. The molecule has 3 rings (SSSR count). The van der Waals surface area contributed by atoms with Crippen LogP contribution in [0.5, 0.6) is 0 Å². The van der Waals surface area contributed by atoms with Gasteiger partial charge >= 0.3 is 0 Å². The van der Waals surface area contributed by atoms with Gasteiger partial charge in [-0.05, 0) is 62.9 Å². The molecular formula is C19H25N3O3. The van der Waals surface area contributed by atoms with Gasteiger partial charge in [0.1, 0.15) is 11.8 Å². The van der Waals surface area contributed by atoms with Gasteiger partial charge in [-0.15, -0.1) is 0 Å². The summed E-state index contributed by atoms with van der Waals surface area (Å²) in [6.07, 6.45) is 2.97. The van der Waals surface area contributed by atoms with Crippen LogP contribution in [0.4, 0.5) is 5.69 Å². The number of piperidine rings is 2. The monoisotopic (exact) mass is 343 g/mol. The van der Waals surface area contributed by atoms with Gasteiger partial charge in [0.2, 0.25) is 11.8 Å². The number of carbonyl (C=O) groups is 3. The number of Topliss-reactive ketones (excluding diaryl/α,β-unsaturated/α-hetero) is 1. The Hall–Kier alpha value is -2.21. The van der Waals surface area contributed by atoms with Crippen LogP contribution in [0, 0.1) is 0 Å². The topological polar surface area (TPSA) is 78.5 Å². The zero-order valence-corrected chi connectivity index (χ0v) is 14.6. The number of carbonyl (C=O) groups excluding carboxylic acids is 3.